The van der Waals surface area contributed by atoms with Crippen LogP contribution in [0.25, 0.3) is 0 Å². The average molecular weight is 300 g/mol. The van der Waals surface area contributed by atoms with Gasteiger partial charge in [-0.15, -0.1) is 0 Å². The van der Waals surface area contributed by atoms with Gasteiger partial charge in [-0.2, -0.15) is 0 Å². The van der Waals surface area contributed by atoms with Crippen LogP contribution < -0.4 is 0 Å². The molecule has 23 heavy (non-hydrogen) atoms. The second kappa shape index (κ2) is 7.75. The molecule has 0 saturated carbocycles. The van der Waals surface area contributed by atoms with E-state index >= 15 is 0 Å². The first-order valence-electron chi connectivity index (χ1n) is 7.35. The van der Waals surface area contributed by atoms with Crippen LogP contribution in [0, 0.1) is 0 Å². The van der Waals surface area contributed by atoms with E-state index < -0.39 is 0 Å². The van der Waals surface area contributed by atoms with Crippen LogP contribution in [-0.2, 0) is 6.54 Å². The molecule has 0 N–H and O–H groups in total. The fraction of sp³-hybridized carbons (Fsp3) is 0.0526. The molecule has 3 aromatic rings. The van der Waals surface area contributed by atoms with Crippen LogP contribution in [0.5, 0.6) is 0 Å². The summed E-state index contributed by atoms with van der Waals surface area (Å²) in [5, 5.41) is 0. The molecule has 2 heterocycles. The van der Waals surface area contributed by atoms with Crippen molar-refractivity contribution in [3.63, 3.8) is 0 Å². The van der Waals surface area contributed by atoms with Gasteiger partial charge in [0.2, 0.25) is 0 Å². The molecule has 4 nitrogen and oxygen atoms in total. The zero-order valence-corrected chi connectivity index (χ0v) is 12.6. The predicted octanol–water partition coefficient (Wildman–Crippen LogP) is 3.85. The molecule has 0 fully saturated rings. The molecule has 0 atom stereocenters. The number of nitrogens with zero attached hydrogens (tertiary/aromatic N) is 4. The van der Waals surface area contributed by atoms with E-state index in [1.807, 2.05) is 60.7 Å². The Bertz CT molecular complexity index is 779. The number of aromatic nitrogens is 2. The van der Waals surface area contributed by atoms with E-state index in [0.29, 0.717) is 6.54 Å². The molecule has 0 aliphatic carbocycles. The number of hydrogen-bond acceptors (Lipinski definition) is 4. The van der Waals surface area contributed by atoms with Crippen molar-refractivity contribution in [1.29, 1.82) is 0 Å². The molecule has 0 radical (unpaired) electrons. The monoisotopic (exact) mass is 300 g/mol. The van der Waals surface area contributed by atoms with Crippen LogP contribution in [-0.4, -0.2) is 22.4 Å². The van der Waals surface area contributed by atoms with Crippen LogP contribution >= 0.6 is 0 Å². The number of rotatable bonds is 5. The maximum Gasteiger partial charge on any atom is 0.0812 e. The lowest BCUT2D eigenvalue weighted by atomic mass is 10.2. The van der Waals surface area contributed by atoms with Crippen LogP contribution in [0.15, 0.2) is 83.0 Å². The molecule has 4 heteroatoms. The first-order valence-corrected chi connectivity index (χ1v) is 7.35. The zero-order valence-electron chi connectivity index (χ0n) is 12.6. The number of benzene rings is 1. The van der Waals surface area contributed by atoms with E-state index in [1.165, 1.54) is 0 Å². The van der Waals surface area contributed by atoms with Crippen molar-refractivity contribution >= 4 is 18.1 Å². The summed E-state index contributed by atoms with van der Waals surface area (Å²) in [6, 6.07) is 19.5. The summed E-state index contributed by atoms with van der Waals surface area (Å²) >= 11 is 0. The molecule has 2 aromatic heterocycles. The molecule has 0 aliphatic rings. The summed E-state index contributed by atoms with van der Waals surface area (Å²) in [5.74, 6) is 0. The highest BCUT2D eigenvalue weighted by molar-refractivity contribution is 5.79. The van der Waals surface area contributed by atoms with Crippen molar-refractivity contribution in [1.82, 2.24) is 9.97 Å². The Morgan fingerprint density at radius 3 is 2.00 bits per heavy atom. The standard InChI is InChI=1S/C19H16N4/c1-3-11-21-18(5-1)14-20-13-16-7-9-17(10-8-16)23-15-19-6-2-4-12-22-19/h1-12,14-15H,13H2. The molecule has 0 spiro atoms. The van der Waals surface area contributed by atoms with Crippen molar-refractivity contribution in [3.8, 4) is 0 Å². The van der Waals surface area contributed by atoms with Crippen molar-refractivity contribution in [2.24, 2.45) is 9.98 Å². The maximum atomic E-state index is 4.41. The van der Waals surface area contributed by atoms with E-state index in [2.05, 4.69) is 20.0 Å². The Morgan fingerprint density at radius 1 is 0.739 bits per heavy atom. The number of hydrogen-bond donors (Lipinski definition) is 0. The van der Waals surface area contributed by atoms with Crippen molar-refractivity contribution in [3.05, 3.63) is 90.0 Å². The summed E-state index contributed by atoms with van der Waals surface area (Å²) in [4.78, 5) is 17.2. The molecule has 1 aromatic carbocycles. The summed E-state index contributed by atoms with van der Waals surface area (Å²) in [5.41, 5.74) is 3.74. The van der Waals surface area contributed by atoms with Gasteiger partial charge in [0.05, 0.1) is 29.8 Å². The third kappa shape index (κ3) is 4.68. The largest absolute Gasteiger partial charge is 0.286 e. The number of aliphatic imine (C=N–C) groups is 2. The van der Waals surface area contributed by atoms with E-state index in [0.717, 1.165) is 22.6 Å². The Labute approximate surface area is 135 Å². The van der Waals surface area contributed by atoms with Gasteiger partial charge in [-0.05, 0) is 42.0 Å². The van der Waals surface area contributed by atoms with Gasteiger partial charge in [-0.3, -0.25) is 20.0 Å². The van der Waals surface area contributed by atoms with Gasteiger partial charge in [0.25, 0.3) is 0 Å². The Morgan fingerprint density at radius 2 is 1.39 bits per heavy atom. The van der Waals surface area contributed by atoms with Gasteiger partial charge in [0, 0.05) is 18.6 Å². The van der Waals surface area contributed by atoms with Gasteiger partial charge < -0.3 is 0 Å². The fourth-order valence-corrected chi connectivity index (χ4v) is 1.98. The lowest BCUT2D eigenvalue weighted by Gasteiger charge is -1.98. The van der Waals surface area contributed by atoms with E-state index in [9.17, 15) is 0 Å². The highest BCUT2D eigenvalue weighted by Crippen LogP contribution is 2.13. The van der Waals surface area contributed by atoms with Crippen molar-refractivity contribution < 1.29 is 0 Å². The first-order chi connectivity index (χ1) is 11.4. The lowest BCUT2D eigenvalue weighted by molar-refractivity contribution is 1.07. The molecule has 0 aliphatic heterocycles. The van der Waals surface area contributed by atoms with Crippen LogP contribution in [0.4, 0.5) is 5.69 Å². The fourth-order valence-electron chi connectivity index (χ4n) is 1.98. The van der Waals surface area contributed by atoms with Crippen LogP contribution in [0.3, 0.4) is 0 Å². The molecule has 0 amide bonds. The maximum absolute atomic E-state index is 4.41. The summed E-state index contributed by atoms with van der Waals surface area (Å²) in [7, 11) is 0. The van der Waals surface area contributed by atoms with Gasteiger partial charge in [0.1, 0.15) is 0 Å². The molecule has 0 saturated heterocycles. The molecule has 3 rings (SSSR count). The topological polar surface area (TPSA) is 50.5 Å². The second-order valence-corrected chi connectivity index (χ2v) is 4.90. The quantitative estimate of drug-likeness (QED) is 0.672. The molecule has 112 valence electrons. The molecular weight excluding hydrogens is 284 g/mol. The molecule has 0 unspecified atom stereocenters. The summed E-state index contributed by atoms with van der Waals surface area (Å²) in [6.07, 6.45) is 7.06. The van der Waals surface area contributed by atoms with E-state index in [1.54, 1.807) is 24.8 Å². The van der Waals surface area contributed by atoms with E-state index in [-0.39, 0.29) is 0 Å². The first kappa shape index (κ1) is 14.8. The normalized spacial score (nSPS) is 11.3. The minimum absolute atomic E-state index is 0.626. The third-order valence-electron chi connectivity index (χ3n) is 3.16. The second-order valence-electron chi connectivity index (χ2n) is 4.90. The van der Waals surface area contributed by atoms with Gasteiger partial charge in [-0.1, -0.05) is 24.3 Å². The van der Waals surface area contributed by atoms with Gasteiger partial charge in [0.15, 0.2) is 0 Å². The molecular formula is C19H16N4. The van der Waals surface area contributed by atoms with Crippen molar-refractivity contribution in [2.45, 2.75) is 6.54 Å². The Hall–Kier alpha value is -3.14. The lowest BCUT2D eigenvalue weighted by Crippen LogP contribution is -1.87. The Balaban J connectivity index is 1.59. The minimum atomic E-state index is 0.626. The van der Waals surface area contributed by atoms with Crippen molar-refractivity contribution in [2.75, 3.05) is 0 Å². The smallest absolute Gasteiger partial charge is 0.0812 e. The highest BCUT2D eigenvalue weighted by Gasteiger charge is 1.93. The van der Waals surface area contributed by atoms with Crippen LogP contribution in [0.1, 0.15) is 17.0 Å². The van der Waals surface area contributed by atoms with Crippen LogP contribution in [0.2, 0.25) is 0 Å². The molecule has 0 bridgehead atoms. The highest BCUT2D eigenvalue weighted by atomic mass is 14.8. The number of pyridine rings is 2. The van der Waals surface area contributed by atoms with Gasteiger partial charge >= 0.3 is 0 Å². The average Bonchev–Trinajstić information content (AvgIpc) is 2.63. The van der Waals surface area contributed by atoms with E-state index in [4.69, 9.17) is 0 Å². The Kier molecular flexibility index (Phi) is 4.98. The summed E-state index contributed by atoms with van der Waals surface area (Å²) < 4.78 is 0. The minimum Gasteiger partial charge on any atom is -0.286 e. The predicted molar refractivity (Wildman–Crippen MR) is 93.5 cm³/mol. The summed E-state index contributed by atoms with van der Waals surface area (Å²) in [6.45, 7) is 0.626. The zero-order chi connectivity index (χ0) is 15.7. The third-order valence-corrected chi connectivity index (χ3v) is 3.16. The SMILES string of the molecule is C(=NCc1ccc(N=Cc2ccccn2)cc1)c1ccccn1. The van der Waals surface area contributed by atoms with Gasteiger partial charge in [-0.25, -0.2) is 0 Å².